The van der Waals surface area contributed by atoms with Crippen LogP contribution in [0.2, 0.25) is 0 Å². The molecular formula is C30H26N2O3. The van der Waals surface area contributed by atoms with Crippen molar-refractivity contribution >= 4 is 23.2 Å². The average Bonchev–Trinajstić information content (AvgIpc) is 3.08. The van der Waals surface area contributed by atoms with E-state index in [-0.39, 0.29) is 11.8 Å². The van der Waals surface area contributed by atoms with E-state index in [0.717, 1.165) is 23.2 Å². The van der Waals surface area contributed by atoms with E-state index < -0.39 is 0 Å². The Balaban J connectivity index is 1.42. The quantitative estimate of drug-likeness (QED) is 0.390. The minimum absolute atomic E-state index is 0.0700. The molecule has 0 saturated heterocycles. The van der Waals surface area contributed by atoms with Gasteiger partial charge in [0, 0.05) is 24.0 Å². The molecule has 1 aliphatic rings. The van der Waals surface area contributed by atoms with E-state index in [1.165, 1.54) is 5.56 Å². The number of para-hydroxylation sites is 2. The van der Waals surface area contributed by atoms with Crippen molar-refractivity contribution in [2.45, 2.75) is 13.0 Å². The van der Waals surface area contributed by atoms with Crippen LogP contribution < -0.4 is 14.5 Å². The molecule has 0 aromatic heterocycles. The van der Waals surface area contributed by atoms with Crippen LogP contribution in [0.4, 0.5) is 11.4 Å². The second-order valence-electron chi connectivity index (χ2n) is 8.58. The lowest BCUT2D eigenvalue weighted by molar-refractivity contribution is 0.0981. The highest BCUT2D eigenvalue weighted by Gasteiger charge is 2.25. The molecule has 1 heterocycles. The summed E-state index contributed by atoms with van der Waals surface area (Å²) in [6.07, 6.45) is 0.797. The van der Waals surface area contributed by atoms with Crippen molar-refractivity contribution < 1.29 is 14.3 Å². The highest BCUT2D eigenvalue weighted by molar-refractivity contribution is 6.09. The molecule has 0 unspecified atom stereocenters. The van der Waals surface area contributed by atoms with E-state index in [1.54, 1.807) is 55.5 Å². The van der Waals surface area contributed by atoms with Gasteiger partial charge in [-0.15, -0.1) is 0 Å². The fourth-order valence-corrected chi connectivity index (χ4v) is 4.55. The van der Waals surface area contributed by atoms with Gasteiger partial charge in [0.1, 0.15) is 5.75 Å². The van der Waals surface area contributed by atoms with Crippen LogP contribution in [-0.2, 0) is 13.0 Å². The molecule has 2 amide bonds. The van der Waals surface area contributed by atoms with Crippen LogP contribution >= 0.6 is 0 Å². The van der Waals surface area contributed by atoms with Gasteiger partial charge in [0.25, 0.3) is 11.8 Å². The smallest absolute Gasteiger partial charge is 0.261 e. The molecule has 0 radical (unpaired) electrons. The summed E-state index contributed by atoms with van der Waals surface area (Å²) in [6, 6.07) is 30.7. The third-order valence-corrected chi connectivity index (χ3v) is 6.50. The van der Waals surface area contributed by atoms with E-state index in [1.807, 2.05) is 47.4 Å². The molecule has 0 bridgehead atoms. The van der Waals surface area contributed by atoms with Crippen LogP contribution in [0.15, 0.2) is 97.1 Å². The number of fused-ring (bicyclic) bond motifs is 2. The predicted molar refractivity (Wildman–Crippen MR) is 138 cm³/mol. The first-order valence-corrected chi connectivity index (χ1v) is 11.5. The Bertz CT molecular complexity index is 1390. The van der Waals surface area contributed by atoms with Crippen molar-refractivity contribution in [1.82, 2.24) is 0 Å². The Labute approximate surface area is 205 Å². The molecule has 1 aliphatic heterocycles. The fourth-order valence-electron chi connectivity index (χ4n) is 4.55. The van der Waals surface area contributed by atoms with Gasteiger partial charge >= 0.3 is 0 Å². The first-order valence-electron chi connectivity index (χ1n) is 11.5. The Morgan fingerprint density at radius 1 is 0.771 bits per heavy atom. The van der Waals surface area contributed by atoms with Gasteiger partial charge in [-0.3, -0.25) is 9.59 Å². The molecule has 174 valence electrons. The van der Waals surface area contributed by atoms with Crippen LogP contribution in [0, 0.1) is 0 Å². The minimum Gasteiger partial charge on any atom is -0.496 e. The van der Waals surface area contributed by atoms with Crippen LogP contribution in [0.3, 0.4) is 0 Å². The maximum Gasteiger partial charge on any atom is 0.261 e. The zero-order valence-electron chi connectivity index (χ0n) is 19.8. The molecule has 5 nitrogen and oxygen atoms in total. The Morgan fingerprint density at radius 2 is 1.40 bits per heavy atom. The second kappa shape index (κ2) is 9.47. The van der Waals surface area contributed by atoms with Gasteiger partial charge in [-0.25, -0.2) is 0 Å². The van der Waals surface area contributed by atoms with Crippen molar-refractivity contribution in [2.24, 2.45) is 0 Å². The van der Waals surface area contributed by atoms with Gasteiger partial charge in [-0.2, -0.15) is 0 Å². The summed E-state index contributed by atoms with van der Waals surface area (Å²) >= 11 is 0. The van der Waals surface area contributed by atoms with Crippen molar-refractivity contribution in [3.05, 3.63) is 125 Å². The maximum atomic E-state index is 13.7. The van der Waals surface area contributed by atoms with Gasteiger partial charge in [-0.1, -0.05) is 54.6 Å². The average molecular weight is 463 g/mol. The number of carbonyl (C=O) groups excluding carboxylic acids is 2. The van der Waals surface area contributed by atoms with E-state index in [9.17, 15) is 9.59 Å². The number of methoxy groups -OCH3 is 1. The van der Waals surface area contributed by atoms with E-state index >= 15 is 0 Å². The second-order valence-corrected chi connectivity index (χ2v) is 8.58. The van der Waals surface area contributed by atoms with Gasteiger partial charge in [0.05, 0.1) is 19.2 Å². The maximum absolute atomic E-state index is 13.7. The lowest BCUT2D eigenvalue weighted by Crippen LogP contribution is -2.30. The topological polar surface area (TPSA) is 49.9 Å². The lowest BCUT2D eigenvalue weighted by atomic mass is 10.0. The number of carbonyl (C=O) groups is 2. The molecule has 5 rings (SSSR count). The number of hydrogen-bond acceptors (Lipinski definition) is 3. The molecule has 4 aromatic carbocycles. The highest BCUT2D eigenvalue weighted by Crippen LogP contribution is 2.32. The van der Waals surface area contributed by atoms with Crippen LogP contribution in [0.5, 0.6) is 5.75 Å². The summed E-state index contributed by atoms with van der Waals surface area (Å²) in [7, 11) is 3.26. The highest BCUT2D eigenvalue weighted by atomic mass is 16.5. The van der Waals surface area contributed by atoms with Crippen molar-refractivity contribution in [2.75, 3.05) is 24.0 Å². The monoisotopic (exact) mass is 462 g/mol. The number of amides is 2. The molecule has 5 heteroatoms. The Hall–Kier alpha value is -4.38. The first kappa shape index (κ1) is 22.4. The number of hydrogen-bond donors (Lipinski definition) is 0. The van der Waals surface area contributed by atoms with Crippen LogP contribution in [0.1, 0.15) is 37.4 Å². The molecular weight excluding hydrogens is 436 g/mol. The summed E-state index contributed by atoms with van der Waals surface area (Å²) in [5.74, 6) is 0.273. The summed E-state index contributed by atoms with van der Waals surface area (Å²) < 4.78 is 5.34. The molecule has 0 spiro atoms. The van der Waals surface area contributed by atoms with Crippen molar-refractivity contribution in [3.63, 3.8) is 0 Å². The fraction of sp³-hybridized carbons (Fsp3) is 0.133. The lowest BCUT2D eigenvalue weighted by Gasteiger charge is -2.24. The first-order chi connectivity index (χ1) is 17.1. The molecule has 0 N–H and O–H groups in total. The van der Waals surface area contributed by atoms with Crippen molar-refractivity contribution in [3.8, 4) is 5.75 Å². The summed E-state index contributed by atoms with van der Waals surface area (Å²) in [5.41, 5.74) is 6.20. The molecule has 4 aromatic rings. The van der Waals surface area contributed by atoms with Crippen LogP contribution in [0.25, 0.3) is 0 Å². The SMILES string of the molecule is COc1ccccc1C(=O)N(C)c1ccc(C(=O)N2Cc3ccccc3Cc3ccccc32)cc1. The summed E-state index contributed by atoms with van der Waals surface area (Å²) in [5, 5.41) is 0. The third-order valence-electron chi connectivity index (χ3n) is 6.50. The number of ether oxygens (including phenoxy) is 1. The summed E-state index contributed by atoms with van der Waals surface area (Å²) in [6.45, 7) is 0.514. The molecule has 0 atom stereocenters. The van der Waals surface area contributed by atoms with E-state index in [2.05, 4.69) is 18.2 Å². The molecule has 0 fully saturated rings. The van der Waals surface area contributed by atoms with E-state index in [0.29, 0.717) is 29.1 Å². The predicted octanol–water partition coefficient (Wildman–Crippen LogP) is 5.72. The van der Waals surface area contributed by atoms with Gasteiger partial charge in [0.2, 0.25) is 0 Å². The largest absolute Gasteiger partial charge is 0.496 e. The number of rotatable bonds is 4. The normalized spacial score (nSPS) is 12.2. The standard InChI is InChI=1S/C30H26N2O3/c1-31(30(34)26-12-6-8-14-28(26)35-2)25-17-15-21(16-18-25)29(33)32-20-24-11-4-3-9-22(24)19-23-10-5-7-13-27(23)32/h3-18H,19-20H2,1-2H3. The van der Waals surface area contributed by atoms with Gasteiger partial charge in [0.15, 0.2) is 0 Å². The van der Waals surface area contributed by atoms with E-state index in [4.69, 9.17) is 4.74 Å². The van der Waals surface area contributed by atoms with Gasteiger partial charge < -0.3 is 14.5 Å². The Morgan fingerprint density at radius 3 is 2.14 bits per heavy atom. The number of nitrogens with zero attached hydrogens (tertiary/aromatic N) is 2. The Kier molecular flexibility index (Phi) is 6.06. The van der Waals surface area contributed by atoms with Gasteiger partial charge in [-0.05, 0) is 65.6 Å². The minimum atomic E-state index is -0.181. The zero-order valence-corrected chi connectivity index (χ0v) is 19.8. The van der Waals surface area contributed by atoms with Crippen molar-refractivity contribution in [1.29, 1.82) is 0 Å². The molecule has 35 heavy (non-hydrogen) atoms. The molecule has 0 aliphatic carbocycles. The zero-order chi connectivity index (χ0) is 24.4. The third kappa shape index (κ3) is 4.28. The molecule has 0 saturated carbocycles. The van der Waals surface area contributed by atoms with Crippen LogP contribution in [-0.4, -0.2) is 26.0 Å². The summed E-state index contributed by atoms with van der Waals surface area (Å²) in [4.78, 5) is 30.1. The number of anilines is 2. The number of benzene rings is 4.